The second-order valence-electron chi connectivity index (χ2n) is 5.49. The van der Waals surface area contributed by atoms with E-state index in [1.807, 2.05) is 0 Å². The van der Waals surface area contributed by atoms with E-state index in [4.69, 9.17) is 4.74 Å². The molecule has 1 unspecified atom stereocenters. The number of benzene rings is 1. The molecule has 0 amide bonds. The van der Waals surface area contributed by atoms with Gasteiger partial charge in [0.25, 0.3) is 0 Å². The average Bonchev–Trinajstić information content (AvgIpc) is 2.51. The molecule has 1 aromatic carbocycles. The van der Waals surface area contributed by atoms with E-state index < -0.39 is 27.7 Å². The maximum atomic E-state index is 12.7. The van der Waals surface area contributed by atoms with Gasteiger partial charge in [-0.1, -0.05) is 6.07 Å². The number of nitrogens with zero attached hydrogens (tertiary/aromatic N) is 1. The third-order valence-corrected chi connectivity index (χ3v) is 4.33. The number of rotatable bonds is 5. The van der Waals surface area contributed by atoms with E-state index in [1.54, 1.807) is 0 Å². The van der Waals surface area contributed by atoms with Gasteiger partial charge in [0, 0.05) is 18.0 Å². The highest BCUT2D eigenvalue weighted by Crippen LogP contribution is 2.36. The zero-order chi connectivity index (χ0) is 18.8. The lowest BCUT2D eigenvalue weighted by Crippen LogP contribution is -2.15. The summed E-state index contributed by atoms with van der Waals surface area (Å²) in [5.74, 6) is -0.0573. The average molecular weight is 375 g/mol. The lowest BCUT2D eigenvalue weighted by molar-refractivity contribution is -0.137. The fourth-order valence-electron chi connectivity index (χ4n) is 2.08. The normalized spacial score (nSPS) is 13.5. The van der Waals surface area contributed by atoms with Gasteiger partial charge in [-0.2, -0.15) is 13.2 Å². The molecule has 9 heteroatoms. The number of sulfone groups is 1. The Labute approximate surface area is 143 Å². The van der Waals surface area contributed by atoms with Crippen LogP contribution in [0.15, 0.2) is 41.4 Å². The summed E-state index contributed by atoms with van der Waals surface area (Å²) < 4.78 is 67.3. The Bertz CT molecular complexity index is 847. The van der Waals surface area contributed by atoms with Crippen molar-refractivity contribution in [2.45, 2.75) is 24.1 Å². The van der Waals surface area contributed by atoms with Crippen LogP contribution < -0.4 is 4.74 Å². The van der Waals surface area contributed by atoms with Gasteiger partial charge in [0.2, 0.25) is 0 Å². The lowest BCUT2D eigenvalue weighted by atomic mass is 10.1. The summed E-state index contributed by atoms with van der Waals surface area (Å²) in [6.45, 7) is 1.28. The number of aliphatic hydroxyl groups is 1. The fourth-order valence-corrected chi connectivity index (χ4v) is 2.91. The Kier molecular flexibility index (Phi) is 5.38. The summed E-state index contributed by atoms with van der Waals surface area (Å²) in [7, 11) is -3.66. The van der Waals surface area contributed by atoms with E-state index >= 15 is 0 Å². The maximum Gasteiger partial charge on any atom is 0.417 e. The zero-order valence-electron chi connectivity index (χ0n) is 13.4. The van der Waals surface area contributed by atoms with Gasteiger partial charge < -0.3 is 9.84 Å². The zero-order valence-corrected chi connectivity index (χ0v) is 14.2. The van der Waals surface area contributed by atoms with Crippen molar-refractivity contribution in [3.8, 4) is 17.0 Å². The van der Waals surface area contributed by atoms with Crippen molar-refractivity contribution in [2.75, 3.05) is 12.9 Å². The van der Waals surface area contributed by atoms with Crippen LogP contribution >= 0.6 is 0 Å². The molecule has 0 aliphatic carbocycles. The molecule has 0 fully saturated rings. The van der Waals surface area contributed by atoms with Crippen LogP contribution in [0.25, 0.3) is 11.3 Å². The van der Waals surface area contributed by atoms with Crippen LogP contribution in [0.3, 0.4) is 0 Å². The smallest absolute Gasteiger partial charge is 0.417 e. The predicted molar refractivity (Wildman–Crippen MR) is 85.0 cm³/mol. The Morgan fingerprint density at radius 3 is 2.40 bits per heavy atom. The minimum Gasteiger partial charge on any atom is -0.489 e. The van der Waals surface area contributed by atoms with E-state index in [-0.39, 0.29) is 28.5 Å². The number of para-hydroxylation sites is 1. The molecular weight excluding hydrogens is 359 g/mol. The molecule has 0 aliphatic rings. The highest BCUT2D eigenvalue weighted by atomic mass is 32.2. The third-order valence-electron chi connectivity index (χ3n) is 3.21. The van der Waals surface area contributed by atoms with Gasteiger partial charge in [-0.15, -0.1) is 0 Å². The first kappa shape index (κ1) is 19.2. The van der Waals surface area contributed by atoms with Crippen LogP contribution in [0.5, 0.6) is 5.75 Å². The predicted octanol–water partition coefficient (Wildman–Crippen LogP) is 2.93. The standard InChI is InChI=1S/C16H16F3NO4S/c1-10(21)9-24-15-12(4-3-5-14(15)25(2,22)23)13-7-6-11(8-20-13)16(17,18)19/h3-8,10,21H,9H2,1-2H3. The molecule has 1 heterocycles. The Morgan fingerprint density at radius 2 is 1.92 bits per heavy atom. The number of hydrogen-bond donors (Lipinski definition) is 1. The molecular formula is C16H16F3NO4S. The molecule has 0 saturated carbocycles. The van der Waals surface area contributed by atoms with Crippen molar-refractivity contribution in [2.24, 2.45) is 0 Å². The molecule has 1 atom stereocenters. The fraction of sp³-hybridized carbons (Fsp3) is 0.312. The van der Waals surface area contributed by atoms with Crippen molar-refractivity contribution < 1.29 is 31.4 Å². The monoisotopic (exact) mass is 375 g/mol. The van der Waals surface area contributed by atoms with Gasteiger partial charge in [0.05, 0.1) is 17.4 Å². The molecule has 2 aromatic rings. The molecule has 1 aromatic heterocycles. The molecule has 25 heavy (non-hydrogen) atoms. The second-order valence-corrected chi connectivity index (χ2v) is 7.48. The molecule has 0 saturated heterocycles. The van der Waals surface area contributed by atoms with Crippen molar-refractivity contribution >= 4 is 9.84 Å². The molecule has 136 valence electrons. The number of aliphatic hydroxyl groups excluding tert-OH is 1. The van der Waals surface area contributed by atoms with E-state index in [0.29, 0.717) is 6.20 Å². The van der Waals surface area contributed by atoms with Gasteiger partial charge in [0.15, 0.2) is 9.84 Å². The Hall–Kier alpha value is -2.13. The summed E-state index contributed by atoms with van der Waals surface area (Å²) in [5.41, 5.74) is -0.571. The quantitative estimate of drug-likeness (QED) is 0.870. The van der Waals surface area contributed by atoms with E-state index in [1.165, 1.54) is 25.1 Å². The minimum absolute atomic E-state index is 0.0573. The molecule has 1 N–H and O–H groups in total. The molecule has 0 bridgehead atoms. The number of aromatic nitrogens is 1. The van der Waals surface area contributed by atoms with Crippen LogP contribution in [0.2, 0.25) is 0 Å². The minimum atomic E-state index is -4.52. The van der Waals surface area contributed by atoms with Crippen molar-refractivity contribution in [1.82, 2.24) is 4.98 Å². The number of hydrogen-bond acceptors (Lipinski definition) is 5. The van der Waals surface area contributed by atoms with Crippen LogP contribution in [0.1, 0.15) is 12.5 Å². The number of ether oxygens (including phenoxy) is 1. The highest BCUT2D eigenvalue weighted by molar-refractivity contribution is 7.90. The summed E-state index contributed by atoms with van der Waals surface area (Å²) in [6.07, 6.45) is -3.73. The highest BCUT2D eigenvalue weighted by Gasteiger charge is 2.31. The second kappa shape index (κ2) is 7.01. The molecule has 0 spiro atoms. The van der Waals surface area contributed by atoms with Gasteiger partial charge >= 0.3 is 6.18 Å². The van der Waals surface area contributed by atoms with Crippen LogP contribution in [0, 0.1) is 0 Å². The van der Waals surface area contributed by atoms with Crippen LogP contribution in [-0.2, 0) is 16.0 Å². The van der Waals surface area contributed by atoms with Crippen LogP contribution in [0.4, 0.5) is 13.2 Å². The Balaban J connectivity index is 2.56. The molecule has 5 nitrogen and oxygen atoms in total. The largest absolute Gasteiger partial charge is 0.489 e. The number of halogens is 3. The topological polar surface area (TPSA) is 76.5 Å². The summed E-state index contributed by atoms with van der Waals surface area (Å²) in [4.78, 5) is 3.64. The number of alkyl halides is 3. The summed E-state index contributed by atoms with van der Waals surface area (Å²) >= 11 is 0. The first-order valence-electron chi connectivity index (χ1n) is 7.17. The maximum absolute atomic E-state index is 12.7. The first-order valence-corrected chi connectivity index (χ1v) is 9.07. The van der Waals surface area contributed by atoms with Gasteiger partial charge in [0.1, 0.15) is 17.3 Å². The Morgan fingerprint density at radius 1 is 1.24 bits per heavy atom. The number of pyridine rings is 1. The van der Waals surface area contributed by atoms with Gasteiger partial charge in [-0.25, -0.2) is 8.42 Å². The third kappa shape index (κ3) is 4.70. The van der Waals surface area contributed by atoms with E-state index in [2.05, 4.69) is 4.98 Å². The van der Waals surface area contributed by atoms with E-state index in [0.717, 1.165) is 18.4 Å². The van der Waals surface area contributed by atoms with E-state index in [9.17, 15) is 26.7 Å². The van der Waals surface area contributed by atoms with Gasteiger partial charge in [-0.3, -0.25) is 4.98 Å². The van der Waals surface area contributed by atoms with Crippen molar-refractivity contribution in [3.63, 3.8) is 0 Å². The molecule has 0 radical (unpaired) electrons. The summed E-state index contributed by atoms with van der Waals surface area (Å²) in [6, 6.07) is 6.25. The summed E-state index contributed by atoms with van der Waals surface area (Å²) in [5, 5.41) is 9.38. The molecule has 0 aliphatic heterocycles. The van der Waals surface area contributed by atoms with Crippen molar-refractivity contribution in [3.05, 3.63) is 42.1 Å². The van der Waals surface area contributed by atoms with Gasteiger partial charge in [-0.05, 0) is 31.2 Å². The lowest BCUT2D eigenvalue weighted by Gasteiger charge is -2.16. The molecule has 2 rings (SSSR count). The van der Waals surface area contributed by atoms with Crippen LogP contribution in [-0.4, -0.2) is 37.5 Å². The van der Waals surface area contributed by atoms with Crippen molar-refractivity contribution in [1.29, 1.82) is 0 Å². The first-order chi connectivity index (χ1) is 11.5. The SMILES string of the molecule is CC(O)COc1c(-c2ccc(C(F)(F)F)cn2)cccc1S(C)(=O)=O.